The van der Waals surface area contributed by atoms with Crippen LogP contribution in [0.25, 0.3) is 0 Å². The van der Waals surface area contributed by atoms with Crippen LogP contribution in [0, 0.1) is 17.6 Å². The highest BCUT2D eigenvalue weighted by Crippen LogP contribution is 2.28. The van der Waals surface area contributed by atoms with Crippen LogP contribution >= 0.6 is 0 Å². The summed E-state index contributed by atoms with van der Waals surface area (Å²) in [5.74, 6) is 0.198. The van der Waals surface area contributed by atoms with Gasteiger partial charge >= 0.3 is 0 Å². The molecule has 1 aliphatic heterocycles. The third-order valence-electron chi connectivity index (χ3n) is 5.88. The first-order chi connectivity index (χ1) is 14.4. The fourth-order valence-electron chi connectivity index (χ4n) is 4.27. The number of nitrogens with one attached hydrogen (secondary N) is 1. The van der Waals surface area contributed by atoms with Gasteiger partial charge in [0.2, 0.25) is 5.91 Å². The Bertz CT molecular complexity index is 917. The van der Waals surface area contributed by atoms with Crippen molar-refractivity contribution in [3.05, 3.63) is 58.9 Å². The summed E-state index contributed by atoms with van der Waals surface area (Å²) in [5.41, 5.74) is 2.87. The minimum absolute atomic E-state index is 0.00921. The number of pyridine rings is 1. The Morgan fingerprint density at radius 1 is 1.27 bits per heavy atom. The number of fused-ring (bicyclic) bond motifs is 1. The van der Waals surface area contributed by atoms with Gasteiger partial charge < -0.3 is 14.8 Å². The van der Waals surface area contributed by atoms with Gasteiger partial charge in [0.1, 0.15) is 23.1 Å². The number of benzene rings is 1. The molecule has 1 unspecified atom stereocenters. The highest BCUT2D eigenvalue weighted by Gasteiger charge is 2.29. The number of halogens is 2. The second-order valence-electron chi connectivity index (χ2n) is 8.13. The molecule has 160 valence electrons. The fourth-order valence-corrected chi connectivity index (χ4v) is 5.56. The molecule has 1 amide bonds. The summed E-state index contributed by atoms with van der Waals surface area (Å²) in [7, 11) is 1.77. The molecule has 0 saturated carbocycles. The summed E-state index contributed by atoms with van der Waals surface area (Å²) in [5, 5.41) is 3.33. The maximum Gasteiger partial charge on any atom is 0.226 e. The molecule has 4 rings (SSSR count). The Morgan fingerprint density at radius 3 is 2.73 bits per heavy atom. The van der Waals surface area contributed by atoms with Crippen molar-refractivity contribution < 1.29 is 18.1 Å². The molecule has 1 aromatic heterocycles. The number of amides is 1. The van der Waals surface area contributed by atoms with Gasteiger partial charge in [0.15, 0.2) is 0 Å². The third kappa shape index (κ3) is 4.75. The van der Waals surface area contributed by atoms with Crippen LogP contribution in [0.3, 0.4) is 0 Å². The summed E-state index contributed by atoms with van der Waals surface area (Å²) in [6.07, 6.45) is 4.14. The Morgan fingerprint density at radius 2 is 2.03 bits per heavy atom. The van der Waals surface area contributed by atoms with Gasteiger partial charge in [0, 0.05) is 37.9 Å². The van der Waals surface area contributed by atoms with Crippen LogP contribution in [0.1, 0.15) is 29.7 Å². The number of hydrogen-bond donors (Lipinski definition) is 1. The van der Waals surface area contributed by atoms with Crippen molar-refractivity contribution in [3.8, 4) is 0 Å². The van der Waals surface area contributed by atoms with E-state index in [1.165, 1.54) is 6.07 Å². The second-order valence-corrected chi connectivity index (χ2v) is 9.83. The molecule has 0 bridgehead atoms. The van der Waals surface area contributed by atoms with Crippen molar-refractivity contribution in [1.82, 2.24) is 9.88 Å². The van der Waals surface area contributed by atoms with Crippen LogP contribution in [0.15, 0.2) is 30.5 Å². The first-order valence-electron chi connectivity index (χ1n) is 10.2. The maximum atomic E-state index is 13.9. The van der Waals surface area contributed by atoms with Gasteiger partial charge in [0.25, 0.3) is 0 Å². The van der Waals surface area contributed by atoms with E-state index in [0.29, 0.717) is 54.9 Å². The smallest absolute Gasteiger partial charge is 0.226 e. The van der Waals surface area contributed by atoms with Crippen molar-refractivity contribution in [3.63, 3.8) is 0 Å². The Balaban J connectivity index is 1.31. The van der Waals surface area contributed by atoms with E-state index in [1.54, 1.807) is 18.1 Å². The molecule has 1 aromatic carbocycles. The van der Waals surface area contributed by atoms with Crippen molar-refractivity contribution in [2.45, 2.75) is 38.3 Å². The summed E-state index contributed by atoms with van der Waals surface area (Å²) in [6.45, 7) is 0.415. The predicted molar refractivity (Wildman–Crippen MR) is 112 cm³/mol. The molecular weight excluding hydrogens is 408 g/mol. The van der Waals surface area contributed by atoms with Gasteiger partial charge in [-0.2, -0.15) is 0 Å². The molecule has 1 atom stereocenters. The number of nitrogens with zero attached hydrogens (tertiary/aromatic N) is 2. The molecule has 30 heavy (non-hydrogen) atoms. The first-order valence-corrected chi connectivity index (χ1v) is 11.7. The van der Waals surface area contributed by atoms with Gasteiger partial charge in [-0.15, -0.1) is 0 Å². The summed E-state index contributed by atoms with van der Waals surface area (Å²) in [6, 6.07) is 6.08. The zero-order valence-corrected chi connectivity index (χ0v) is 17.7. The highest BCUT2D eigenvalue weighted by atomic mass is 32.2. The van der Waals surface area contributed by atoms with Crippen LogP contribution in [-0.2, 0) is 35.4 Å². The van der Waals surface area contributed by atoms with Crippen LogP contribution in [0.2, 0.25) is 0 Å². The molecule has 1 fully saturated rings. The minimum Gasteiger partial charge on any atom is -0.616 e. The molecule has 2 aromatic rings. The summed E-state index contributed by atoms with van der Waals surface area (Å²) in [4.78, 5) is 18.7. The lowest BCUT2D eigenvalue weighted by atomic mass is 10.0. The molecule has 5 nitrogen and oxygen atoms in total. The van der Waals surface area contributed by atoms with Gasteiger partial charge in [0.05, 0.1) is 24.1 Å². The van der Waals surface area contributed by atoms with Crippen molar-refractivity contribution in [2.75, 3.05) is 23.9 Å². The van der Waals surface area contributed by atoms with Gasteiger partial charge in [-0.3, -0.25) is 9.78 Å². The van der Waals surface area contributed by atoms with E-state index in [9.17, 15) is 18.1 Å². The average Bonchev–Trinajstić information content (AvgIpc) is 3.12. The van der Waals surface area contributed by atoms with Crippen LogP contribution < -0.4 is 5.32 Å². The number of aromatic nitrogens is 1. The van der Waals surface area contributed by atoms with E-state index < -0.39 is 22.8 Å². The predicted octanol–water partition coefficient (Wildman–Crippen LogP) is 3.06. The standard InChI is InChI=1S/C22H25F2N3O2S/c1-27(22(28)14-4-6-30(29)7-5-14)13-18-3-2-17(12-25-18)26-19-9-15-8-16(23)10-21(24)20(15)11-19/h2-3,8,10,12,14,19,26H,4-7,9,11,13H2,1H3. The van der Waals surface area contributed by atoms with E-state index in [1.807, 2.05) is 12.1 Å². The molecule has 0 radical (unpaired) electrons. The normalized spacial score (nSPS) is 23.1. The zero-order chi connectivity index (χ0) is 21.3. The second kappa shape index (κ2) is 8.89. The number of carbonyl (C=O) groups is 1. The highest BCUT2D eigenvalue weighted by molar-refractivity contribution is 7.91. The number of hydrogen-bond acceptors (Lipinski definition) is 4. The first kappa shape index (κ1) is 21.1. The largest absolute Gasteiger partial charge is 0.616 e. The lowest BCUT2D eigenvalue weighted by molar-refractivity contribution is -0.135. The Hall–Kier alpha value is -2.19. The number of carbonyl (C=O) groups excluding carboxylic acids is 1. The Labute approximate surface area is 178 Å². The lowest BCUT2D eigenvalue weighted by Crippen LogP contribution is -2.37. The van der Waals surface area contributed by atoms with Crippen molar-refractivity contribution in [2.24, 2.45) is 5.92 Å². The monoisotopic (exact) mass is 433 g/mol. The zero-order valence-electron chi connectivity index (χ0n) is 16.9. The van der Waals surface area contributed by atoms with Crippen LogP contribution in [-0.4, -0.2) is 44.9 Å². The van der Waals surface area contributed by atoms with E-state index in [-0.39, 0.29) is 17.9 Å². The van der Waals surface area contributed by atoms with E-state index in [2.05, 4.69) is 10.3 Å². The molecule has 1 N–H and O–H groups in total. The quantitative estimate of drug-likeness (QED) is 0.736. The van der Waals surface area contributed by atoms with Crippen LogP contribution in [0.4, 0.5) is 14.5 Å². The van der Waals surface area contributed by atoms with Gasteiger partial charge in [-0.25, -0.2) is 8.78 Å². The SMILES string of the molecule is CN(Cc1ccc(NC2Cc3cc(F)cc(F)c3C2)cn1)C(=O)C1CC[S+]([O-])CC1. The summed E-state index contributed by atoms with van der Waals surface area (Å²) >= 11 is -0.779. The van der Waals surface area contributed by atoms with Crippen molar-refractivity contribution in [1.29, 1.82) is 0 Å². The Kier molecular flexibility index (Phi) is 6.24. The molecular formula is C22H25F2N3O2S. The van der Waals surface area contributed by atoms with Gasteiger partial charge in [-0.05, 0) is 42.2 Å². The summed E-state index contributed by atoms with van der Waals surface area (Å²) < 4.78 is 38.8. The molecule has 2 aliphatic rings. The number of anilines is 1. The molecule has 0 spiro atoms. The molecule has 8 heteroatoms. The molecule has 1 saturated heterocycles. The van der Waals surface area contributed by atoms with Crippen LogP contribution in [0.5, 0.6) is 0 Å². The minimum atomic E-state index is -0.779. The molecule has 1 aliphatic carbocycles. The number of rotatable bonds is 5. The average molecular weight is 434 g/mol. The third-order valence-corrected chi connectivity index (χ3v) is 7.26. The molecule has 2 heterocycles. The topological polar surface area (TPSA) is 68.3 Å². The van der Waals surface area contributed by atoms with E-state index >= 15 is 0 Å². The van der Waals surface area contributed by atoms with E-state index in [4.69, 9.17) is 0 Å². The lowest BCUT2D eigenvalue weighted by Gasteiger charge is -2.27. The van der Waals surface area contributed by atoms with Gasteiger partial charge in [-0.1, -0.05) is 11.2 Å². The fraction of sp³-hybridized carbons (Fsp3) is 0.455. The van der Waals surface area contributed by atoms with Crippen molar-refractivity contribution >= 4 is 22.8 Å². The van der Waals surface area contributed by atoms with E-state index in [0.717, 1.165) is 17.4 Å². The maximum absolute atomic E-state index is 13.9.